The lowest BCUT2D eigenvalue weighted by atomic mass is 9.97. The van der Waals surface area contributed by atoms with Crippen LogP contribution in [0, 0.1) is 5.82 Å². The van der Waals surface area contributed by atoms with Gasteiger partial charge in [0.25, 0.3) is 5.79 Å². The van der Waals surface area contributed by atoms with Gasteiger partial charge in [-0.2, -0.15) is 0 Å². The predicted octanol–water partition coefficient (Wildman–Crippen LogP) is 3.12. The van der Waals surface area contributed by atoms with Crippen molar-refractivity contribution in [1.82, 2.24) is 9.97 Å². The van der Waals surface area contributed by atoms with Gasteiger partial charge in [0.2, 0.25) is 16.0 Å². The monoisotopic (exact) mass is 481 g/mol. The second-order valence-electron chi connectivity index (χ2n) is 7.78. The van der Waals surface area contributed by atoms with Crippen molar-refractivity contribution in [3.05, 3.63) is 47.4 Å². The summed E-state index contributed by atoms with van der Waals surface area (Å²) < 4.78 is 40.0. The smallest absolute Gasteiger partial charge is 0.364 e. The highest BCUT2D eigenvalue weighted by molar-refractivity contribution is 7.92. The van der Waals surface area contributed by atoms with E-state index in [4.69, 9.17) is 5.11 Å². The van der Waals surface area contributed by atoms with Crippen LogP contribution in [0.5, 0.6) is 0 Å². The van der Waals surface area contributed by atoms with Gasteiger partial charge in [0.05, 0.1) is 17.1 Å². The van der Waals surface area contributed by atoms with Gasteiger partial charge in [0.1, 0.15) is 5.82 Å². The highest BCUT2D eigenvalue weighted by Gasteiger charge is 2.31. The zero-order chi connectivity index (χ0) is 24.8. The van der Waals surface area contributed by atoms with E-state index in [1.807, 2.05) is 13.8 Å². The Bertz CT molecular complexity index is 1120. The van der Waals surface area contributed by atoms with E-state index in [9.17, 15) is 27.8 Å². The predicted molar refractivity (Wildman–Crippen MR) is 122 cm³/mol. The molecule has 0 spiro atoms. The molecular formula is C22H28FN3O6S. The van der Waals surface area contributed by atoms with Gasteiger partial charge in [-0.3, -0.25) is 4.72 Å². The van der Waals surface area contributed by atoms with Gasteiger partial charge in [0.15, 0.2) is 0 Å². The summed E-state index contributed by atoms with van der Waals surface area (Å²) in [5.41, 5.74) is 2.09. The lowest BCUT2D eigenvalue weighted by Gasteiger charge is -2.17. The summed E-state index contributed by atoms with van der Waals surface area (Å²) in [6, 6.07) is 5.58. The van der Waals surface area contributed by atoms with Crippen LogP contribution in [0.25, 0.3) is 17.3 Å². The maximum atomic E-state index is 13.5. The van der Waals surface area contributed by atoms with Crippen molar-refractivity contribution in [2.24, 2.45) is 0 Å². The molecule has 2 aromatic rings. The summed E-state index contributed by atoms with van der Waals surface area (Å²) in [5.74, 6) is -5.32. The number of aliphatic hydroxyl groups is 2. The van der Waals surface area contributed by atoms with Crippen molar-refractivity contribution >= 4 is 28.0 Å². The molecule has 0 atom stereocenters. The Hall–Kier alpha value is -2.89. The van der Waals surface area contributed by atoms with E-state index >= 15 is 0 Å². The number of nitrogens with one attached hydrogen (secondary N) is 1. The number of carboxylic acids is 1. The van der Waals surface area contributed by atoms with Gasteiger partial charge >= 0.3 is 5.97 Å². The first-order valence-corrected chi connectivity index (χ1v) is 12.0. The van der Waals surface area contributed by atoms with Crippen LogP contribution >= 0.6 is 0 Å². The second-order valence-corrected chi connectivity index (χ2v) is 9.79. The number of hydrogen-bond acceptors (Lipinski definition) is 7. The molecule has 0 saturated heterocycles. The first kappa shape index (κ1) is 26.4. The molecule has 33 heavy (non-hydrogen) atoms. The van der Waals surface area contributed by atoms with Gasteiger partial charge < -0.3 is 15.3 Å². The molecule has 0 aliphatic rings. The SMILES string of the molecule is CCS(=O)(=O)Nc1nc(-c2ccc(F)cc2)c(/C=C/CCCC(O)(O)C(=O)O)c(C(C)C)n1. The Balaban J connectivity index is 2.48. The summed E-state index contributed by atoms with van der Waals surface area (Å²) in [7, 11) is -3.63. The number of carboxylic acid groups (broad SMARTS) is 1. The number of rotatable bonds is 11. The molecule has 180 valence electrons. The van der Waals surface area contributed by atoms with Gasteiger partial charge in [-0.1, -0.05) is 26.0 Å². The topological polar surface area (TPSA) is 150 Å². The fraction of sp³-hybridized carbons (Fsp3) is 0.409. The number of anilines is 1. The van der Waals surface area contributed by atoms with Crippen LogP contribution in [0.15, 0.2) is 30.3 Å². The van der Waals surface area contributed by atoms with Crippen molar-refractivity contribution in [3.8, 4) is 11.3 Å². The molecule has 9 nitrogen and oxygen atoms in total. The van der Waals surface area contributed by atoms with E-state index in [-0.39, 0.29) is 30.5 Å². The van der Waals surface area contributed by atoms with Crippen LogP contribution in [0.3, 0.4) is 0 Å². The zero-order valence-electron chi connectivity index (χ0n) is 18.6. The van der Waals surface area contributed by atoms with E-state index in [1.165, 1.54) is 31.2 Å². The molecule has 0 bridgehead atoms. The van der Waals surface area contributed by atoms with E-state index < -0.39 is 27.6 Å². The van der Waals surface area contributed by atoms with Crippen molar-refractivity contribution < 1.29 is 32.9 Å². The highest BCUT2D eigenvalue weighted by atomic mass is 32.2. The number of benzene rings is 1. The number of sulfonamides is 1. The van der Waals surface area contributed by atoms with Crippen LogP contribution in [0.4, 0.5) is 10.3 Å². The molecule has 0 radical (unpaired) electrons. The zero-order valence-corrected chi connectivity index (χ0v) is 19.4. The Kier molecular flexibility index (Phi) is 8.64. The van der Waals surface area contributed by atoms with E-state index in [2.05, 4.69) is 14.7 Å². The van der Waals surface area contributed by atoms with E-state index in [0.29, 0.717) is 28.9 Å². The van der Waals surface area contributed by atoms with Crippen LogP contribution in [-0.4, -0.2) is 51.2 Å². The van der Waals surface area contributed by atoms with E-state index in [0.717, 1.165) is 0 Å². The normalized spacial score (nSPS) is 12.5. The number of aliphatic carboxylic acids is 1. The highest BCUT2D eigenvalue weighted by Crippen LogP contribution is 2.31. The second kappa shape index (κ2) is 10.8. The molecule has 0 fully saturated rings. The number of unbranched alkanes of at least 4 members (excludes halogenated alkanes) is 1. The molecule has 1 aromatic carbocycles. The van der Waals surface area contributed by atoms with Crippen molar-refractivity contribution in [2.45, 2.75) is 51.7 Å². The minimum absolute atomic E-state index is 0.0937. The molecule has 1 aromatic heterocycles. The maximum absolute atomic E-state index is 13.5. The fourth-order valence-corrected chi connectivity index (χ4v) is 3.46. The molecule has 0 aliphatic heterocycles. The Morgan fingerprint density at radius 2 is 1.85 bits per heavy atom. The van der Waals surface area contributed by atoms with E-state index in [1.54, 1.807) is 12.2 Å². The first-order valence-electron chi connectivity index (χ1n) is 10.4. The quantitative estimate of drug-likeness (QED) is 0.282. The molecule has 0 unspecified atom stereocenters. The molecule has 11 heteroatoms. The number of hydrogen-bond donors (Lipinski definition) is 4. The summed E-state index contributed by atoms with van der Waals surface area (Å²) >= 11 is 0. The Labute approximate surface area is 192 Å². The van der Waals surface area contributed by atoms with Crippen molar-refractivity contribution in [1.29, 1.82) is 0 Å². The average molecular weight is 482 g/mol. The third kappa shape index (κ3) is 7.31. The largest absolute Gasteiger partial charge is 0.477 e. The summed E-state index contributed by atoms with van der Waals surface area (Å²) in [4.78, 5) is 19.6. The standard InChI is InChI=1S/C22H28FN3O6S/c1-4-33(31,32)26-21-24-18(14(2)3)17(8-6-5-7-13-22(29,30)20(27)28)19(25-21)15-9-11-16(23)12-10-15/h6,8-12,14,29-30H,4-5,7,13H2,1-3H3,(H,27,28)(H,24,25,26)/b8-6+. The van der Waals surface area contributed by atoms with Crippen LogP contribution < -0.4 is 4.72 Å². The van der Waals surface area contributed by atoms with Crippen molar-refractivity contribution in [2.75, 3.05) is 10.5 Å². The number of allylic oxidation sites excluding steroid dienone is 1. The fourth-order valence-electron chi connectivity index (χ4n) is 2.95. The minimum Gasteiger partial charge on any atom is -0.477 e. The molecule has 4 N–H and O–H groups in total. The van der Waals surface area contributed by atoms with Gasteiger partial charge in [-0.05, 0) is 49.9 Å². The summed E-state index contributed by atoms with van der Waals surface area (Å²) in [6.45, 7) is 5.25. The minimum atomic E-state index is -3.63. The molecule has 0 aliphatic carbocycles. The van der Waals surface area contributed by atoms with Gasteiger partial charge in [0, 0.05) is 17.5 Å². The number of nitrogens with zero attached hydrogens (tertiary/aromatic N) is 2. The Morgan fingerprint density at radius 3 is 2.39 bits per heavy atom. The first-order chi connectivity index (χ1) is 15.4. The maximum Gasteiger partial charge on any atom is 0.364 e. The molecule has 0 saturated carbocycles. The van der Waals surface area contributed by atoms with Gasteiger partial charge in [-0.15, -0.1) is 0 Å². The Morgan fingerprint density at radius 1 is 1.21 bits per heavy atom. The number of aromatic nitrogens is 2. The lowest BCUT2D eigenvalue weighted by Crippen LogP contribution is -2.37. The van der Waals surface area contributed by atoms with Crippen molar-refractivity contribution in [3.63, 3.8) is 0 Å². The average Bonchev–Trinajstić information content (AvgIpc) is 2.74. The van der Waals surface area contributed by atoms with Crippen LogP contribution in [-0.2, 0) is 14.8 Å². The number of halogens is 1. The summed E-state index contributed by atoms with van der Waals surface area (Å²) in [6.07, 6.45) is 3.59. The third-order valence-electron chi connectivity index (χ3n) is 4.79. The third-order valence-corrected chi connectivity index (χ3v) is 6.04. The number of carbonyl (C=O) groups is 1. The molecule has 2 rings (SSSR count). The molecule has 1 heterocycles. The van der Waals surface area contributed by atoms with Gasteiger partial charge in [-0.25, -0.2) is 27.6 Å². The van der Waals surface area contributed by atoms with Crippen LogP contribution in [0.1, 0.15) is 57.2 Å². The molecule has 0 amide bonds. The summed E-state index contributed by atoms with van der Waals surface area (Å²) in [5, 5.41) is 27.6. The molecular weight excluding hydrogens is 453 g/mol. The van der Waals surface area contributed by atoms with Crippen LogP contribution in [0.2, 0.25) is 0 Å². The lowest BCUT2D eigenvalue weighted by molar-refractivity contribution is -0.205.